The number of rotatable bonds is 5. The van der Waals surface area contributed by atoms with Crippen molar-refractivity contribution in [3.63, 3.8) is 0 Å². The highest BCUT2D eigenvalue weighted by Gasteiger charge is 2.23. The molecule has 0 radical (unpaired) electrons. The zero-order valence-electron chi connectivity index (χ0n) is 15.4. The summed E-state index contributed by atoms with van der Waals surface area (Å²) in [6.45, 7) is 1.82. The van der Waals surface area contributed by atoms with Crippen LogP contribution in [0.5, 0.6) is 11.5 Å². The maximum Gasteiger partial charge on any atom is 0.349 e. The highest BCUT2D eigenvalue weighted by molar-refractivity contribution is 7.90. The molecule has 0 fully saturated rings. The molecule has 146 valence electrons. The summed E-state index contributed by atoms with van der Waals surface area (Å²) < 4.78 is 37.0. The van der Waals surface area contributed by atoms with Gasteiger partial charge in [0, 0.05) is 18.0 Å². The molecule has 0 unspecified atom stereocenters. The molecule has 0 N–H and O–H groups in total. The van der Waals surface area contributed by atoms with Gasteiger partial charge in [-0.1, -0.05) is 17.7 Å². The van der Waals surface area contributed by atoms with Gasteiger partial charge < -0.3 is 9.47 Å². The maximum atomic E-state index is 12.7. The Morgan fingerprint density at radius 2 is 1.57 bits per heavy atom. The Labute approximate surface area is 161 Å². The topological polar surface area (TPSA) is 96.6 Å². The molecule has 3 rings (SSSR count). The molecule has 0 bridgehead atoms. The van der Waals surface area contributed by atoms with E-state index in [0.29, 0.717) is 15.5 Å². The quantitative estimate of drug-likeness (QED) is 0.647. The average molecular weight is 402 g/mol. The van der Waals surface area contributed by atoms with Crippen LogP contribution in [0.25, 0.3) is 0 Å². The lowest BCUT2D eigenvalue weighted by Crippen LogP contribution is -2.32. The van der Waals surface area contributed by atoms with Crippen LogP contribution in [0, 0.1) is 6.92 Å². The molecule has 0 amide bonds. The van der Waals surface area contributed by atoms with Crippen LogP contribution in [0.2, 0.25) is 0 Å². The lowest BCUT2D eigenvalue weighted by atomic mass is 10.2. The van der Waals surface area contributed by atoms with Gasteiger partial charge in [0.1, 0.15) is 0 Å². The predicted octanol–water partition coefficient (Wildman–Crippen LogP) is 1.90. The zero-order chi connectivity index (χ0) is 20.5. The van der Waals surface area contributed by atoms with Crippen LogP contribution >= 0.6 is 0 Å². The third-order valence-corrected chi connectivity index (χ3v) is 5.84. The third-order valence-electron chi connectivity index (χ3n) is 4.17. The number of methoxy groups -OCH3 is 2. The van der Waals surface area contributed by atoms with E-state index in [-0.39, 0.29) is 10.5 Å². The van der Waals surface area contributed by atoms with Crippen molar-refractivity contribution in [3.05, 3.63) is 76.5 Å². The summed E-state index contributed by atoms with van der Waals surface area (Å²) in [5.41, 5.74) is 0.0399. The molecule has 2 aromatic carbocycles. The van der Waals surface area contributed by atoms with E-state index in [1.54, 1.807) is 12.1 Å². The summed E-state index contributed by atoms with van der Waals surface area (Å²) >= 11 is 0. The average Bonchev–Trinajstić information content (AvgIpc) is 3.09. The molecule has 3 aromatic rings. The third kappa shape index (κ3) is 3.31. The van der Waals surface area contributed by atoms with Gasteiger partial charge in [0.05, 0.1) is 19.1 Å². The summed E-state index contributed by atoms with van der Waals surface area (Å²) in [4.78, 5) is 25.3. The van der Waals surface area contributed by atoms with Gasteiger partial charge in [0.2, 0.25) is 0 Å². The minimum absolute atomic E-state index is 0.0449. The fraction of sp³-hybridized carbons (Fsp3) is 0.158. The molecule has 1 heterocycles. The van der Waals surface area contributed by atoms with E-state index in [9.17, 15) is 18.0 Å². The summed E-state index contributed by atoms with van der Waals surface area (Å²) in [5.74, 6) is 0.0443. The first-order chi connectivity index (χ1) is 13.3. The number of nitrogens with zero attached hydrogens (tertiary/aromatic N) is 2. The number of aryl methyl sites for hydroxylation is 1. The van der Waals surface area contributed by atoms with Crippen molar-refractivity contribution in [1.82, 2.24) is 8.54 Å². The van der Waals surface area contributed by atoms with Gasteiger partial charge in [-0.25, -0.2) is 17.8 Å². The van der Waals surface area contributed by atoms with Crippen molar-refractivity contribution in [3.8, 4) is 11.5 Å². The highest BCUT2D eigenvalue weighted by atomic mass is 32.2. The van der Waals surface area contributed by atoms with E-state index >= 15 is 0 Å². The molecule has 0 spiro atoms. The molecule has 0 aliphatic carbocycles. The fourth-order valence-electron chi connectivity index (χ4n) is 2.63. The summed E-state index contributed by atoms with van der Waals surface area (Å²) in [6, 6.07) is 10.5. The second-order valence-corrected chi connectivity index (χ2v) is 7.75. The molecule has 9 heteroatoms. The maximum absolute atomic E-state index is 12.7. The molecule has 0 saturated carbocycles. The Hall–Kier alpha value is -3.33. The molecule has 0 aliphatic heterocycles. The lowest BCUT2D eigenvalue weighted by molar-refractivity contribution is 0.0955. The fourth-order valence-corrected chi connectivity index (χ4v) is 3.85. The number of benzene rings is 2. The van der Waals surface area contributed by atoms with Gasteiger partial charge >= 0.3 is 5.69 Å². The van der Waals surface area contributed by atoms with Crippen molar-refractivity contribution in [1.29, 1.82) is 0 Å². The number of aromatic nitrogens is 2. The van der Waals surface area contributed by atoms with Gasteiger partial charge in [-0.3, -0.25) is 4.79 Å². The number of ether oxygens (including phenoxy) is 2. The molecule has 8 nitrogen and oxygen atoms in total. The van der Waals surface area contributed by atoms with Crippen LogP contribution in [-0.4, -0.2) is 37.1 Å². The minimum atomic E-state index is -4.12. The first-order valence-corrected chi connectivity index (χ1v) is 9.62. The largest absolute Gasteiger partial charge is 0.493 e. The molecule has 0 aliphatic rings. The Balaban J connectivity index is 2.03. The van der Waals surface area contributed by atoms with Gasteiger partial charge in [-0.2, -0.15) is 3.97 Å². The van der Waals surface area contributed by atoms with E-state index in [0.717, 1.165) is 22.5 Å². The SMILES string of the molecule is COc1ccc(C(=O)n2ccn(S(=O)(=O)c3ccc(C)cc3)c2=O)cc1OC. The van der Waals surface area contributed by atoms with Gasteiger partial charge in [-0.05, 0) is 37.3 Å². The van der Waals surface area contributed by atoms with Crippen LogP contribution < -0.4 is 15.2 Å². The second-order valence-electron chi connectivity index (χ2n) is 5.94. The number of imidazole rings is 1. The standard InChI is InChI=1S/C19H18N2O6S/c1-13-4-7-15(8-5-13)28(24,25)21-11-10-20(19(21)23)18(22)14-6-9-16(26-2)17(12-14)27-3/h4-12H,1-3H3. The normalized spacial score (nSPS) is 11.2. The van der Waals surface area contributed by atoms with Crippen LogP contribution in [0.3, 0.4) is 0 Å². The summed E-state index contributed by atoms with van der Waals surface area (Å²) in [5, 5.41) is 0. The molecule has 0 atom stereocenters. The molecule has 0 saturated heterocycles. The molecule has 28 heavy (non-hydrogen) atoms. The predicted molar refractivity (Wildman–Crippen MR) is 102 cm³/mol. The van der Waals surface area contributed by atoms with Gasteiger partial charge in [0.25, 0.3) is 15.9 Å². The van der Waals surface area contributed by atoms with E-state index in [1.165, 1.54) is 44.6 Å². The number of carbonyl (C=O) groups is 1. The van der Waals surface area contributed by atoms with Crippen molar-refractivity contribution >= 4 is 15.9 Å². The molecular formula is C19H18N2O6S. The van der Waals surface area contributed by atoms with Gasteiger partial charge in [0.15, 0.2) is 11.5 Å². The van der Waals surface area contributed by atoms with Crippen LogP contribution in [0.1, 0.15) is 15.9 Å². The van der Waals surface area contributed by atoms with Crippen molar-refractivity contribution < 1.29 is 22.7 Å². The van der Waals surface area contributed by atoms with Crippen LogP contribution in [0.15, 0.2) is 64.5 Å². The minimum Gasteiger partial charge on any atom is -0.493 e. The first kappa shape index (κ1) is 19.4. The Bertz CT molecular complexity index is 1190. The van der Waals surface area contributed by atoms with Gasteiger partial charge in [-0.15, -0.1) is 0 Å². The highest BCUT2D eigenvalue weighted by Crippen LogP contribution is 2.27. The van der Waals surface area contributed by atoms with E-state index in [2.05, 4.69) is 0 Å². The number of hydrogen-bond donors (Lipinski definition) is 0. The Kier molecular flexibility index (Phi) is 5.10. The lowest BCUT2D eigenvalue weighted by Gasteiger charge is -2.09. The number of carbonyl (C=O) groups excluding carboxylic acids is 1. The summed E-state index contributed by atoms with van der Waals surface area (Å²) in [6.07, 6.45) is 2.17. The van der Waals surface area contributed by atoms with Crippen molar-refractivity contribution in [2.24, 2.45) is 0 Å². The van der Waals surface area contributed by atoms with Crippen LogP contribution in [-0.2, 0) is 10.0 Å². The molecule has 1 aromatic heterocycles. The summed E-state index contributed by atoms with van der Waals surface area (Å²) in [7, 11) is -1.24. The van der Waals surface area contributed by atoms with Crippen molar-refractivity contribution in [2.45, 2.75) is 11.8 Å². The van der Waals surface area contributed by atoms with E-state index < -0.39 is 21.6 Å². The Morgan fingerprint density at radius 3 is 2.18 bits per heavy atom. The number of hydrogen-bond acceptors (Lipinski definition) is 6. The molecular weight excluding hydrogens is 384 g/mol. The second kappa shape index (κ2) is 7.35. The first-order valence-electron chi connectivity index (χ1n) is 8.18. The monoisotopic (exact) mass is 402 g/mol. The Morgan fingerprint density at radius 1 is 0.929 bits per heavy atom. The smallest absolute Gasteiger partial charge is 0.349 e. The zero-order valence-corrected chi connectivity index (χ0v) is 16.3. The van der Waals surface area contributed by atoms with Crippen molar-refractivity contribution in [2.75, 3.05) is 14.2 Å². The van der Waals surface area contributed by atoms with E-state index in [4.69, 9.17) is 9.47 Å². The van der Waals surface area contributed by atoms with E-state index in [1.807, 2.05) is 6.92 Å². The van der Waals surface area contributed by atoms with Crippen LogP contribution in [0.4, 0.5) is 0 Å².